The van der Waals surface area contributed by atoms with Gasteiger partial charge in [-0.05, 0) is 53.1 Å². The maximum absolute atomic E-state index is 12.4. The quantitative estimate of drug-likeness (QED) is 0.492. The molecule has 0 unspecified atom stereocenters. The van der Waals surface area contributed by atoms with Crippen LogP contribution in [0.1, 0.15) is 15.9 Å². The molecule has 0 aliphatic rings. The SMILES string of the molecule is O=C(O)/C=C/c1ccc(C(=O)Nc2cc(-c3ccc(OC(F)(F)F)cc3)cs2)cc1. The van der Waals surface area contributed by atoms with Crippen LogP contribution in [0.3, 0.4) is 0 Å². The number of carbonyl (C=O) groups is 2. The van der Waals surface area contributed by atoms with Gasteiger partial charge in [0.2, 0.25) is 0 Å². The average molecular weight is 433 g/mol. The summed E-state index contributed by atoms with van der Waals surface area (Å²) >= 11 is 1.28. The number of aliphatic carboxylic acids is 1. The molecular formula is C21H14F3NO4S. The van der Waals surface area contributed by atoms with Crippen molar-refractivity contribution in [1.82, 2.24) is 0 Å². The lowest BCUT2D eigenvalue weighted by Crippen LogP contribution is -2.16. The van der Waals surface area contributed by atoms with Gasteiger partial charge in [-0.1, -0.05) is 24.3 Å². The lowest BCUT2D eigenvalue weighted by Gasteiger charge is -2.08. The molecule has 0 atom stereocenters. The maximum atomic E-state index is 12.4. The summed E-state index contributed by atoms with van der Waals surface area (Å²) in [5, 5.41) is 13.7. The Kier molecular flexibility index (Phi) is 6.22. The molecule has 0 fully saturated rings. The number of rotatable bonds is 6. The third-order valence-corrected chi connectivity index (χ3v) is 4.69. The fourth-order valence-electron chi connectivity index (χ4n) is 2.50. The van der Waals surface area contributed by atoms with Crippen LogP contribution >= 0.6 is 11.3 Å². The Morgan fingerprint density at radius 1 is 1.00 bits per heavy atom. The van der Waals surface area contributed by atoms with Gasteiger partial charge < -0.3 is 15.2 Å². The number of halogens is 3. The number of nitrogens with one attached hydrogen (secondary N) is 1. The number of amides is 1. The molecule has 154 valence electrons. The van der Waals surface area contributed by atoms with E-state index in [0.29, 0.717) is 21.7 Å². The van der Waals surface area contributed by atoms with Gasteiger partial charge in [-0.15, -0.1) is 24.5 Å². The fraction of sp³-hybridized carbons (Fsp3) is 0.0476. The van der Waals surface area contributed by atoms with Crippen molar-refractivity contribution in [2.75, 3.05) is 5.32 Å². The van der Waals surface area contributed by atoms with Crippen LogP contribution in [-0.4, -0.2) is 23.3 Å². The van der Waals surface area contributed by atoms with Gasteiger partial charge in [-0.25, -0.2) is 4.79 Å². The number of hydrogen-bond donors (Lipinski definition) is 2. The molecule has 0 bridgehead atoms. The van der Waals surface area contributed by atoms with E-state index in [4.69, 9.17) is 5.11 Å². The summed E-state index contributed by atoms with van der Waals surface area (Å²) in [6, 6.07) is 13.5. The number of carboxylic acids is 1. The summed E-state index contributed by atoms with van der Waals surface area (Å²) in [6.07, 6.45) is -2.32. The highest BCUT2D eigenvalue weighted by Crippen LogP contribution is 2.31. The highest BCUT2D eigenvalue weighted by atomic mass is 32.1. The van der Waals surface area contributed by atoms with E-state index in [1.165, 1.54) is 41.7 Å². The predicted octanol–water partition coefficient (Wildman–Crippen LogP) is 5.66. The number of anilines is 1. The first-order valence-corrected chi connectivity index (χ1v) is 9.35. The highest BCUT2D eigenvalue weighted by Gasteiger charge is 2.30. The van der Waals surface area contributed by atoms with Gasteiger partial charge in [0.25, 0.3) is 5.91 Å². The van der Waals surface area contributed by atoms with Gasteiger partial charge in [0, 0.05) is 17.0 Å². The second kappa shape index (κ2) is 8.83. The van der Waals surface area contributed by atoms with Crippen molar-refractivity contribution in [2.45, 2.75) is 6.36 Å². The fourth-order valence-corrected chi connectivity index (χ4v) is 3.30. The van der Waals surface area contributed by atoms with E-state index in [0.717, 1.165) is 11.6 Å². The van der Waals surface area contributed by atoms with E-state index in [1.54, 1.807) is 35.7 Å². The summed E-state index contributed by atoms with van der Waals surface area (Å²) in [7, 11) is 0. The van der Waals surface area contributed by atoms with E-state index < -0.39 is 12.3 Å². The van der Waals surface area contributed by atoms with Crippen molar-refractivity contribution < 1.29 is 32.6 Å². The molecule has 9 heteroatoms. The summed E-state index contributed by atoms with van der Waals surface area (Å²) in [5.74, 6) is -1.71. The summed E-state index contributed by atoms with van der Waals surface area (Å²) < 4.78 is 40.6. The molecule has 3 aromatic rings. The van der Waals surface area contributed by atoms with E-state index >= 15 is 0 Å². The molecule has 2 N–H and O–H groups in total. The number of carbonyl (C=O) groups excluding carboxylic acids is 1. The first-order valence-electron chi connectivity index (χ1n) is 8.47. The molecule has 0 saturated carbocycles. The Labute approximate surface area is 173 Å². The van der Waals surface area contributed by atoms with Crippen LogP contribution in [-0.2, 0) is 4.79 Å². The zero-order chi connectivity index (χ0) is 21.7. The van der Waals surface area contributed by atoms with E-state index in [-0.39, 0.29) is 11.7 Å². The topological polar surface area (TPSA) is 75.6 Å². The van der Waals surface area contributed by atoms with Gasteiger partial charge in [0.15, 0.2) is 0 Å². The number of thiophene rings is 1. The molecule has 1 amide bonds. The molecule has 0 radical (unpaired) electrons. The van der Waals surface area contributed by atoms with Crippen LogP contribution in [0.2, 0.25) is 0 Å². The van der Waals surface area contributed by atoms with Crippen molar-refractivity contribution in [3.05, 3.63) is 77.2 Å². The lowest BCUT2D eigenvalue weighted by molar-refractivity contribution is -0.274. The molecule has 2 aromatic carbocycles. The molecule has 1 heterocycles. The minimum absolute atomic E-state index is 0.309. The minimum atomic E-state index is -4.74. The first kappa shape index (κ1) is 21.1. The second-order valence-electron chi connectivity index (χ2n) is 6.02. The Balaban J connectivity index is 1.65. The molecule has 3 rings (SSSR count). The number of benzene rings is 2. The van der Waals surface area contributed by atoms with Crippen LogP contribution < -0.4 is 10.1 Å². The van der Waals surface area contributed by atoms with Crippen LogP contribution in [0.5, 0.6) is 5.75 Å². The minimum Gasteiger partial charge on any atom is -0.478 e. The van der Waals surface area contributed by atoms with Crippen molar-refractivity contribution in [3.63, 3.8) is 0 Å². The van der Waals surface area contributed by atoms with Gasteiger partial charge in [0.1, 0.15) is 5.75 Å². The van der Waals surface area contributed by atoms with Gasteiger partial charge in [0.05, 0.1) is 5.00 Å². The van der Waals surface area contributed by atoms with Crippen molar-refractivity contribution in [3.8, 4) is 16.9 Å². The number of ether oxygens (including phenoxy) is 1. The first-order chi connectivity index (χ1) is 14.2. The standard InChI is InChI=1S/C21H14F3NO4S/c22-21(23,24)29-17-8-6-14(7-9-17)16-11-18(30-12-16)25-20(28)15-4-1-13(2-5-15)3-10-19(26)27/h1-12H,(H,25,28)(H,26,27)/b10-3+. The molecule has 5 nitrogen and oxygen atoms in total. The molecule has 0 saturated heterocycles. The Bertz CT molecular complexity index is 1070. The Morgan fingerprint density at radius 3 is 2.27 bits per heavy atom. The molecule has 0 spiro atoms. The van der Waals surface area contributed by atoms with E-state index in [9.17, 15) is 22.8 Å². The lowest BCUT2D eigenvalue weighted by atomic mass is 10.1. The summed E-state index contributed by atoms with van der Waals surface area (Å²) in [5.41, 5.74) is 2.45. The van der Waals surface area contributed by atoms with E-state index in [2.05, 4.69) is 10.1 Å². The molecular weight excluding hydrogens is 419 g/mol. The molecule has 1 aromatic heterocycles. The van der Waals surface area contributed by atoms with E-state index in [1.807, 2.05) is 0 Å². The summed E-state index contributed by atoms with van der Waals surface area (Å²) in [6.45, 7) is 0. The van der Waals surface area contributed by atoms with Gasteiger partial charge in [-0.2, -0.15) is 0 Å². The Hall–Kier alpha value is -3.59. The number of alkyl halides is 3. The van der Waals surface area contributed by atoms with Crippen LogP contribution in [0.25, 0.3) is 17.2 Å². The molecule has 0 aliphatic heterocycles. The van der Waals surface area contributed by atoms with Crippen LogP contribution in [0, 0.1) is 0 Å². The third-order valence-electron chi connectivity index (χ3n) is 3.85. The van der Waals surface area contributed by atoms with Crippen molar-refractivity contribution >= 4 is 34.3 Å². The number of carboxylic acid groups (broad SMARTS) is 1. The zero-order valence-electron chi connectivity index (χ0n) is 15.1. The predicted molar refractivity (Wildman–Crippen MR) is 108 cm³/mol. The van der Waals surface area contributed by atoms with Crippen LogP contribution in [0.15, 0.2) is 66.1 Å². The zero-order valence-corrected chi connectivity index (χ0v) is 16.0. The Morgan fingerprint density at radius 2 is 1.67 bits per heavy atom. The third kappa shape index (κ3) is 5.95. The smallest absolute Gasteiger partial charge is 0.478 e. The largest absolute Gasteiger partial charge is 0.573 e. The summed E-state index contributed by atoms with van der Waals surface area (Å²) in [4.78, 5) is 22.9. The number of hydrogen-bond acceptors (Lipinski definition) is 4. The molecule has 30 heavy (non-hydrogen) atoms. The highest BCUT2D eigenvalue weighted by molar-refractivity contribution is 7.14. The van der Waals surface area contributed by atoms with Gasteiger partial charge >= 0.3 is 12.3 Å². The second-order valence-corrected chi connectivity index (χ2v) is 6.93. The average Bonchev–Trinajstić information content (AvgIpc) is 3.14. The molecule has 0 aliphatic carbocycles. The van der Waals surface area contributed by atoms with Crippen molar-refractivity contribution in [1.29, 1.82) is 0 Å². The normalized spacial score (nSPS) is 11.4. The van der Waals surface area contributed by atoms with Gasteiger partial charge in [-0.3, -0.25) is 4.79 Å². The van der Waals surface area contributed by atoms with Crippen LogP contribution in [0.4, 0.5) is 18.2 Å². The van der Waals surface area contributed by atoms with Crippen molar-refractivity contribution in [2.24, 2.45) is 0 Å². The maximum Gasteiger partial charge on any atom is 0.573 e. The monoisotopic (exact) mass is 433 g/mol.